The second kappa shape index (κ2) is 8.45. The van der Waals surface area contributed by atoms with Gasteiger partial charge in [-0.15, -0.1) is 11.3 Å². The number of carbonyl (C=O) groups is 1. The number of ether oxygens (including phenoxy) is 1. The molecule has 172 valence electrons. The van der Waals surface area contributed by atoms with Crippen molar-refractivity contribution in [1.82, 2.24) is 29.3 Å². The Kier molecular flexibility index (Phi) is 5.14. The predicted octanol–water partition coefficient (Wildman–Crippen LogP) is 3.80. The first kappa shape index (κ1) is 20.7. The molecular weight excluding hydrogens is 450 g/mol. The summed E-state index contributed by atoms with van der Waals surface area (Å²) in [6, 6.07) is 10.2. The molecule has 0 saturated carbocycles. The van der Waals surface area contributed by atoms with E-state index in [0.29, 0.717) is 13.1 Å². The highest BCUT2D eigenvalue weighted by Gasteiger charge is 2.24. The van der Waals surface area contributed by atoms with Crippen LogP contribution in [0.2, 0.25) is 0 Å². The maximum atomic E-state index is 12.6. The summed E-state index contributed by atoms with van der Waals surface area (Å²) in [5.41, 5.74) is 7.94. The minimum atomic E-state index is -0.279. The number of aryl methyl sites for hydroxylation is 1. The molecule has 0 atom stereocenters. The molecule has 10 heteroatoms. The molecule has 5 heterocycles. The van der Waals surface area contributed by atoms with Crippen LogP contribution in [0, 0.1) is 0 Å². The number of anilines is 1. The van der Waals surface area contributed by atoms with E-state index in [9.17, 15) is 4.79 Å². The zero-order valence-corrected chi connectivity index (χ0v) is 19.5. The molecule has 34 heavy (non-hydrogen) atoms. The molecule has 0 radical (unpaired) electrons. The SMILES string of the molecule is Cn1cc(-c2ccc3c(N4CCN(C(=O)OCc5ccc6scnc6c5)CC4)cnn3c2)cn1. The van der Waals surface area contributed by atoms with E-state index in [-0.39, 0.29) is 12.7 Å². The normalized spacial score (nSPS) is 14.3. The van der Waals surface area contributed by atoms with Gasteiger partial charge in [-0.2, -0.15) is 10.2 Å². The van der Waals surface area contributed by atoms with Crippen molar-refractivity contribution >= 4 is 38.9 Å². The molecule has 1 aromatic carbocycles. The molecule has 1 amide bonds. The summed E-state index contributed by atoms with van der Waals surface area (Å²) < 4.78 is 10.4. The summed E-state index contributed by atoms with van der Waals surface area (Å²) in [7, 11) is 1.91. The van der Waals surface area contributed by atoms with E-state index in [4.69, 9.17) is 4.74 Å². The highest BCUT2D eigenvalue weighted by molar-refractivity contribution is 7.16. The molecule has 5 aromatic rings. The Morgan fingerprint density at radius 1 is 1.03 bits per heavy atom. The minimum absolute atomic E-state index is 0.250. The molecule has 1 fully saturated rings. The molecule has 1 saturated heterocycles. The van der Waals surface area contributed by atoms with Crippen LogP contribution in [0.15, 0.2) is 60.6 Å². The van der Waals surface area contributed by atoms with E-state index in [2.05, 4.69) is 32.2 Å². The number of amides is 1. The lowest BCUT2D eigenvalue weighted by atomic mass is 10.1. The quantitative estimate of drug-likeness (QED) is 0.395. The number of nitrogens with zero attached hydrogens (tertiary/aromatic N) is 7. The van der Waals surface area contributed by atoms with Crippen LogP contribution >= 0.6 is 11.3 Å². The molecule has 4 aromatic heterocycles. The monoisotopic (exact) mass is 473 g/mol. The number of aromatic nitrogens is 5. The average molecular weight is 474 g/mol. The third kappa shape index (κ3) is 3.86. The van der Waals surface area contributed by atoms with Crippen LogP contribution in [0.4, 0.5) is 10.5 Å². The van der Waals surface area contributed by atoms with E-state index in [0.717, 1.165) is 51.2 Å². The van der Waals surface area contributed by atoms with Crippen molar-refractivity contribution in [2.24, 2.45) is 7.05 Å². The largest absolute Gasteiger partial charge is 0.445 e. The highest BCUT2D eigenvalue weighted by atomic mass is 32.1. The number of fused-ring (bicyclic) bond motifs is 2. The smallest absolute Gasteiger partial charge is 0.410 e. The van der Waals surface area contributed by atoms with Crippen LogP contribution in [-0.2, 0) is 18.4 Å². The van der Waals surface area contributed by atoms with Crippen molar-refractivity contribution in [3.63, 3.8) is 0 Å². The van der Waals surface area contributed by atoms with Gasteiger partial charge in [0.25, 0.3) is 0 Å². The van der Waals surface area contributed by atoms with Gasteiger partial charge < -0.3 is 14.5 Å². The summed E-state index contributed by atoms with van der Waals surface area (Å²) in [5.74, 6) is 0. The molecule has 1 aliphatic heterocycles. The van der Waals surface area contributed by atoms with E-state index in [1.165, 1.54) is 0 Å². The fraction of sp³-hybridized carbons (Fsp3) is 0.250. The van der Waals surface area contributed by atoms with Gasteiger partial charge in [0, 0.05) is 56.7 Å². The number of benzene rings is 1. The van der Waals surface area contributed by atoms with Gasteiger partial charge in [-0.05, 0) is 23.8 Å². The standard InChI is InChI=1S/C24H23N7O2S/c1-28-13-19(11-26-28)18-3-4-21-22(12-27-31(21)14-18)29-6-8-30(9-7-29)24(32)33-15-17-2-5-23-20(10-17)25-16-34-23/h2-5,10-14,16H,6-9,15H2,1H3. The van der Waals surface area contributed by atoms with Crippen LogP contribution in [0.1, 0.15) is 5.56 Å². The fourth-order valence-corrected chi connectivity index (χ4v) is 4.97. The van der Waals surface area contributed by atoms with Crippen molar-refractivity contribution in [1.29, 1.82) is 0 Å². The number of pyridine rings is 1. The van der Waals surface area contributed by atoms with Gasteiger partial charge >= 0.3 is 6.09 Å². The second-order valence-electron chi connectivity index (χ2n) is 8.36. The first-order chi connectivity index (χ1) is 16.6. The van der Waals surface area contributed by atoms with Crippen molar-refractivity contribution in [3.05, 3.63) is 66.2 Å². The maximum Gasteiger partial charge on any atom is 0.410 e. The van der Waals surface area contributed by atoms with E-state index < -0.39 is 0 Å². The van der Waals surface area contributed by atoms with Gasteiger partial charge in [-0.25, -0.2) is 14.3 Å². The van der Waals surface area contributed by atoms with E-state index >= 15 is 0 Å². The topological polar surface area (TPSA) is 80.8 Å². The lowest BCUT2D eigenvalue weighted by Gasteiger charge is -2.34. The molecule has 6 rings (SSSR count). The molecule has 1 aliphatic rings. The van der Waals surface area contributed by atoms with E-state index in [1.807, 2.05) is 60.1 Å². The Hall–Kier alpha value is -3.92. The number of thiazole rings is 1. The molecule has 9 nitrogen and oxygen atoms in total. The minimum Gasteiger partial charge on any atom is -0.445 e. The lowest BCUT2D eigenvalue weighted by molar-refractivity contribution is 0.0942. The number of hydrogen-bond acceptors (Lipinski definition) is 7. The van der Waals surface area contributed by atoms with Crippen LogP contribution in [-0.4, -0.2) is 61.6 Å². The van der Waals surface area contributed by atoms with Gasteiger partial charge in [0.1, 0.15) is 6.61 Å². The fourth-order valence-electron chi connectivity index (χ4n) is 4.31. The molecule has 0 aliphatic carbocycles. The van der Waals surface area contributed by atoms with Gasteiger partial charge in [0.2, 0.25) is 0 Å². The first-order valence-corrected chi connectivity index (χ1v) is 12.0. The summed E-state index contributed by atoms with van der Waals surface area (Å²) in [4.78, 5) is 21.0. The molecule has 0 N–H and O–H groups in total. The van der Waals surface area contributed by atoms with Crippen LogP contribution in [0.3, 0.4) is 0 Å². The number of piperazine rings is 1. The molecule has 0 unspecified atom stereocenters. The summed E-state index contributed by atoms with van der Waals surface area (Å²) in [6.07, 6.45) is 7.47. The van der Waals surface area contributed by atoms with Crippen LogP contribution < -0.4 is 4.90 Å². The molecular formula is C24H23N7O2S. The Balaban J connectivity index is 1.08. The zero-order chi connectivity index (χ0) is 23.1. The van der Waals surface area contributed by atoms with Crippen molar-refractivity contribution in [2.75, 3.05) is 31.1 Å². The second-order valence-corrected chi connectivity index (χ2v) is 9.25. The number of rotatable bonds is 4. The number of carbonyl (C=O) groups excluding carboxylic acids is 1. The van der Waals surface area contributed by atoms with Crippen LogP contribution in [0.25, 0.3) is 26.9 Å². The summed E-state index contributed by atoms with van der Waals surface area (Å²) >= 11 is 1.60. The van der Waals surface area contributed by atoms with Crippen molar-refractivity contribution < 1.29 is 9.53 Å². The highest BCUT2D eigenvalue weighted by Crippen LogP contribution is 2.26. The first-order valence-electron chi connectivity index (χ1n) is 11.1. The Morgan fingerprint density at radius 2 is 1.91 bits per heavy atom. The van der Waals surface area contributed by atoms with Gasteiger partial charge in [-0.3, -0.25) is 4.68 Å². The Bertz CT molecular complexity index is 1480. The molecule has 0 bridgehead atoms. The maximum absolute atomic E-state index is 12.6. The third-order valence-electron chi connectivity index (χ3n) is 6.17. The lowest BCUT2D eigenvalue weighted by Crippen LogP contribution is -2.48. The van der Waals surface area contributed by atoms with E-state index in [1.54, 1.807) is 20.9 Å². The van der Waals surface area contributed by atoms with Crippen molar-refractivity contribution in [2.45, 2.75) is 6.61 Å². The molecule has 0 spiro atoms. The van der Waals surface area contributed by atoms with Crippen molar-refractivity contribution in [3.8, 4) is 11.1 Å². The van der Waals surface area contributed by atoms with Crippen LogP contribution in [0.5, 0.6) is 0 Å². The third-order valence-corrected chi connectivity index (χ3v) is 6.98. The van der Waals surface area contributed by atoms with Gasteiger partial charge in [-0.1, -0.05) is 12.1 Å². The summed E-state index contributed by atoms with van der Waals surface area (Å²) in [5, 5.41) is 8.81. The predicted molar refractivity (Wildman–Crippen MR) is 131 cm³/mol. The Morgan fingerprint density at radius 3 is 2.74 bits per heavy atom. The zero-order valence-electron chi connectivity index (χ0n) is 18.7. The average Bonchev–Trinajstić information content (AvgIpc) is 3.61. The Labute approximate surface area is 199 Å². The van der Waals surface area contributed by atoms with Gasteiger partial charge in [0.05, 0.1) is 39.3 Å². The number of hydrogen-bond donors (Lipinski definition) is 0. The summed E-state index contributed by atoms with van der Waals surface area (Å²) in [6.45, 7) is 2.92. The van der Waals surface area contributed by atoms with Gasteiger partial charge in [0.15, 0.2) is 0 Å².